The second-order valence-electron chi connectivity index (χ2n) is 5.46. The van der Waals surface area contributed by atoms with E-state index in [4.69, 9.17) is 23.2 Å². The van der Waals surface area contributed by atoms with E-state index in [9.17, 15) is 13.2 Å². The third kappa shape index (κ3) is 5.36. The molecule has 0 aliphatic heterocycles. The van der Waals surface area contributed by atoms with Crippen molar-refractivity contribution in [2.45, 2.75) is 13.3 Å². The molecule has 0 saturated carbocycles. The number of nitrogens with one attached hydrogen (secondary N) is 1. The summed E-state index contributed by atoms with van der Waals surface area (Å²) in [5.41, 5.74) is 1.94. The molecule has 2 aromatic carbocycles. The van der Waals surface area contributed by atoms with Crippen molar-refractivity contribution in [1.29, 1.82) is 0 Å². The molecule has 0 bridgehead atoms. The molecule has 0 aliphatic carbocycles. The van der Waals surface area contributed by atoms with Crippen molar-refractivity contribution < 1.29 is 13.2 Å². The van der Waals surface area contributed by atoms with Crippen molar-refractivity contribution in [3.05, 3.63) is 58.1 Å². The van der Waals surface area contributed by atoms with Gasteiger partial charge in [0, 0.05) is 10.7 Å². The molecule has 1 N–H and O–H groups in total. The molecule has 5 nitrogen and oxygen atoms in total. The van der Waals surface area contributed by atoms with Crippen LogP contribution in [0.5, 0.6) is 0 Å². The average Bonchev–Trinajstić information content (AvgIpc) is 2.53. The van der Waals surface area contributed by atoms with Gasteiger partial charge in [0.25, 0.3) is 0 Å². The van der Waals surface area contributed by atoms with Crippen molar-refractivity contribution in [3.8, 4) is 0 Å². The minimum Gasteiger partial charge on any atom is -0.325 e. The summed E-state index contributed by atoms with van der Waals surface area (Å²) in [6.07, 6.45) is 1.91. The SMILES string of the molecule is CCc1ccc(NC(=O)CN(c2ccc(Cl)cc2Cl)S(C)(=O)=O)cc1. The van der Waals surface area contributed by atoms with E-state index < -0.39 is 22.5 Å². The van der Waals surface area contributed by atoms with Gasteiger partial charge < -0.3 is 5.32 Å². The Morgan fingerprint density at radius 2 is 1.76 bits per heavy atom. The largest absolute Gasteiger partial charge is 0.325 e. The maximum atomic E-state index is 12.3. The number of nitrogens with zero attached hydrogens (tertiary/aromatic N) is 1. The topological polar surface area (TPSA) is 66.5 Å². The number of amides is 1. The first-order chi connectivity index (χ1) is 11.7. The van der Waals surface area contributed by atoms with Crippen LogP contribution in [0.2, 0.25) is 10.0 Å². The first-order valence-corrected chi connectivity index (χ1v) is 10.1. The first kappa shape index (κ1) is 19.6. The Labute approximate surface area is 157 Å². The van der Waals surface area contributed by atoms with Gasteiger partial charge >= 0.3 is 0 Å². The number of anilines is 2. The highest BCUT2D eigenvalue weighted by Gasteiger charge is 2.23. The van der Waals surface area contributed by atoms with Crippen LogP contribution in [0.1, 0.15) is 12.5 Å². The molecular weight excluding hydrogens is 383 g/mol. The monoisotopic (exact) mass is 400 g/mol. The minimum absolute atomic E-state index is 0.151. The van der Waals surface area contributed by atoms with E-state index in [2.05, 4.69) is 5.32 Å². The molecule has 1 amide bonds. The molecule has 0 spiro atoms. The van der Waals surface area contributed by atoms with Crippen LogP contribution in [-0.4, -0.2) is 27.1 Å². The molecule has 0 aliphatic rings. The molecule has 0 unspecified atom stereocenters. The number of carbonyl (C=O) groups excluding carboxylic acids is 1. The molecule has 0 aromatic heterocycles. The Balaban J connectivity index is 2.20. The van der Waals surface area contributed by atoms with Gasteiger partial charge in [0.05, 0.1) is 17.0 Å². The summed E-state index contributed by atoms with van der Waals surface area (Å²) in [6, 6.07) is 11.8. The summed E-state index contributed by atoms with van der Waals surface area (Å²) in [5.74, 6) is -0.472. The third-order valence-electron chi connectivity index (χ3n) is 3.51. The standard InChI is InChI=1S/C17H18Cl2N2O3S/c1-3-12-4-7-14(8-5-12)20-17(22)11-21(25(2,23)24)16-9-6-13(18)10-15(16)19/h4-10H,3,11H2,1-2H3,(H,20,22). The lowest BCUT2D eigenvalue weighted by atomic mass is 10.1. The Bertz CT molecular complexity index is 868. The summed E-state index contributed by atoms with van der Waals surface area (Å²) in [7, 11) is -3.71. The minimum atomic E-state index is -3.71. The second-order valence-corrected chi connectivity index (χ2v) is 8.21. The van der Waals surface area contributed by atoms with Gasteiger partial charge in [-0.05, 0) is 42.3 Å². The van der Waals surface area contributed by atoms with Gasteiger partial charge in [-0.25, -0.2) is 8.42 Å². The van der Waals surface area contributed by atoms with Crippen LogP contribution in [-0.2, 0) is 21.2 Å². The first-order valence-electron chi connectivity index (χ1n) is 7.52. The van der Waals surface area contributed by atoms with Crippen LogP contribution < -0.4 is 9.62 Å². The molecule has 2 aromatic rings. The molecule has 8 heteroatoms. The maximum Gasteiger partial charge on any atom is 0.245 e. The van der Waals surface area contributed by atoms with Gasteiger partial charge in [-0.1, -0.05) is 42.3 Å². The van der Waals surface area contributed by atoms with Crippen molar-refractivity contribution in [1.82, 2.24) is 0 Å². The van der Waals surface area contributed by atoms with Crippen LogP contribution in [0.3, 0.4) is 0 Å². The zero-order chi connectivity index (χ0) is 18.6. The van der Waals surface area contributed by atoms with Crippen LogP contribution >= 0.6 is 23.2 Å². The summed E-state index contributed by atoms with van der Waals surface area (Å²) in [6.45, 7) is 1.64. The van der Waals surface area contributed by atoms with E-state index in [1.165, 1.54) is 18.2 Å². The lowest BCUT2D eigenvalue weighted by Crippen LogP contribution is -2.37. The van der Waals surface area contributed by atoms with Crippen LogP contribution in [0.25, 0.3) is 0 Å². The molecule has 0 atom stereocenters. The quantitative estimate of drug-likeness (QED) is 0.797. The predicted molar refractivity (Wildman–Crippen MR) is 103 cm³/mol. The molecule has 25 heavy (non-hydrogen) atoms. The summed E-state index contributed by atoms with van der Waals surface area (Å²) >= 11 is 11.9. The fourth-order valence-corrected chi connectivity index (χ4v) is 3.65. The normalized spacial score (nSPS) is 11.2. The van der Waals surface area contributed by atoms with E-state index in [1.807, 2.05) is 19.1 Å². The molecule has 2 rings (SSSR count). The molecule has 0 saturated heterocycles. The summed E-state index contributed by atoms with van der Waals surface area (Å²) in [5, 5.41) is 3.21. The number of hydrogen-bond donors (Lipinski definition) is 1. The van der Waals surface area contributed by atoms with Gasteiger partial charge in [0.15, 0.2) is 0 Å². The highest BCUT2D eigenvalue weighted by atomic mass is 35.5. The Morgan fingerprint density at radius 1 is 1.12 bits per heavy atom. The Hall–Kier alpha value is -1.76. The van der Waals surface area contributed by atoms with Crippen LogP contribution in [0.15, 0.2) is 42.5 Å². The fraction of sp³-hybridized carbons (Fsp3) is 0.235. The lowest BCUT2D eigenvalue weighted by Gasteiger charge is -2.23. The van der Waals surface area contributed by atoms with Gasteiger partial charge in [0.2, 0.25) is 15.9 Å². The van der Waals surface area contributed by atoms with Gasteiger partial charge in [-0.2, -0.15) is 0 Å². The highest BCUT2D eigenvalue weighted by molar-refractivity contribution is 7.92. The van der Waals surface area contributed by atoms with Crippen molar-refractivity contribution in [2.24, 2.45) is 0 Å². The number of aryl methyl sites for hydroxylation is 1. The number of hydrogen-bond acceptors (Lipinski definition) is 3. The van der Waals surface area contributed by atoms with E-state index in [0.29, 0.717) is 10.7 Å². The molecule has 0 radical (unpaired) electrons. The summed E-state index contributed by atoms with van der Waals surface area (Å²) in [4.78, 5) is 12.3. The van der Waals surface area contributed by atoms with Crippen LogP contribution in [0, 0.1) is 0 Å². The molecular formula is C17H18Cl2N2O3S. The molecule has 0 fully saturated rings. The number of benzene rings is 2. The van der Waals surface area contributed by atoms with E-state index in [0.717, 1.165) is 22.5 Å². The smallest absolute Gasteiger partial charge is 0.245 e. The highest BCUT2D eigenvalue weighted by Crippen LogP contribution is 2.30. The summed E-state index contributed by atoms with van der Waals surface area (Å²) < 4.78 is 25.1. The Kier molecular flexibility index (Phi) is 6.32. The molecule has 0 heterocycles. The Morgan fingerprint density at radius 3 is 2.28 bits per heavy atom. The van der Waals surface area contributed by atoms with Crippen molar-refractivity contribution in [3.63, 3.8) is 0 Å². The predicted octanol–water partition coefficient (Wildman–Crippen LogP) is 3.96. The zero-order valence-corrected chi connectivity index (χ0v) is 16.1. The number of carbonyl (C=O) groups is 1. The number of sulfonamides is 1. The van der Waals surface area contributed by atoms with E-state index >= 15 is 0 Å². The van der Waals surface area contributed by atoms with E-state index in [-0.39, 0.29) is 10.7 Å². The average molecular weight is 401 g/mol. The van der Waals surface area contributed by atoms with Gasteiger partial charge in [-0.3, -0.25) is 9.10 Å². The van der Waals surface area contributed by atoms with Crippen LogP contribution in [0.4, 0.5) is 11.4 Å². The van der Waals surface area contributed by atoms with Gasteiger partial charge in [-0.15, -0.1) is 0 Å². The number of rotatable bonds is 6. The second kappa shape index (κ2) is 8.08. The van der Waals surface area contributed by atoms with Crippen molar-refractivity contribution >= 4 is 50.5 Å². The van der Waals surface area contributed by atoms with Gasteiger partial charge in [0.1, 0.15) is 6.54 Å². The molecule has 134 valence electrons. The van der Waals surface area contributed by atoms with Crippen molar-refractivity contribution in [2.75, 3.05) is 22.4 Å². The third-order valence-corrected chi connectivity index (χ3v) is 5.18. The zero-order valence-electron chi connectivity index (χ0n) is 13.8. The fourth-order valence-electron chi connectivity index (χ4n) is 2.22. The lowest BCUT2D eigenvalue weighted by molar-refractivity contribution is -0.114. The maximum absolute atomic E-state index is 12.3. The number of halogens is 2. The van der Waals surface area contributed by atoms with E-state index in [1.54, 1.807) is 12.1 Å².